The van der Waals surface area contributed by atoms with Crippen molar-refractivity contribution in [2.75, 3.05) is 0 Å². The molecule has 0 heterocycles. The minimum Gasteiger partial charge on any atom is -0.429 e. The molecule has 2 atom stereocenters. The van der Waals surface area contributed by atoms with E-state index >= 15 is 0 Å². The second-order valence-electron chi connectivity index (χ2n) is 8.99. The molecule has 174 valence electrons. The molecule has 0 aliphatic heterocycles. The average molecular weight is 460 g/mol. The van der Waals surface area contributed by atoms with Gasteiger partial charge in [-0.2, -0.15) is 8.78 Å². The second-order valence-corrected chi connectivity index (χ2v) is 8.99. The fourth-order valence-electron chi connectivity index (χ4n) is 5.55. The van der Waals surface area contributed by atoms with Gasteiger partial charge < -0.3 is 4.74 Å². The third kappa shape index (κ3) is 4.33. The molecule has 0 saturated heterocycles. The maximum atomic E-state index is 14.6. The molecule has 32 heavy (non-hydrogen) atoms. The number of halogens is 7. The van der Waals surface area contributed by atoms with Crippen LogP contribution in [0.5, 0.6) is 5.75 Å². The molecule has 2 fully saturated rings. The van der Waals surface area contributed by atoms with Gasteiger partial charge in [-0.3, -0.25) is 0 Å². The Bertz CT molecular complexity index is 946. The van der Waals surface area contributed by atoms with E-state index in [0.29, 0.717) is 23.3 Å². The van der Waals surface area contributed by atoms with Crippen LogP contribution in [0.3, 0.4) is 0 Å². The summed E-state index contributed by atoms with van der Waals surface area (Å²) in [5.41, 5.74) is -1.34. The van der Waals surface area contributed by atoms with Gasteiger partial charge in [0.2, 0.25) is 0 Å². The molecule has 0 aromatic heterocycles. The molecule has 2 aromatic rings. The van der Waals surface area contributed by atoms with Gasteiger partial charge >= 0.3 is 6.11 Å². The Morgan fingerprint density at radius 2 is 1.34 bits per heavy atom. The molecule has 0 N–H and O–H groups in total. The predicted molar refractivity (Wildman–Crippen MR) is 104 cm³/mol. The van der Waals surface area contributed by atoms with Gasteiger partial charge in [-0.1, -0.05) is 19.8 Å². The van der Waals surface area contributed by atoms with E-state index in [9.17, 15) is 30.7 Å². The van der Waals surface area contributed by atoms with E-state index < -0.39 is 46.5 Å². The molecule has 0 spiro atoms. The summed E-state index contributed by atoms with van der Waals surface area (Å²) in [6.07, 6.45) is 1.45. The Labute approximate surface area is 181 Å². The van der Waals surface area contributed by atoms with Crippen molar-refractivity contribution in [1.29, 1.82) is 0 Å². The number of fused-ring (bicyclic) bond motifs is 1. The van der Waals surface area contributed by atoms with Gasteiger partial charge in [0.1, 0.15) is 22.9 Å². The quantitative estimate of drug-likeness (QED) is 0.315. The van der Waals surface area contributed by atoms with Gasteiger partial charge in [0.25, 0.3) is 0 Å². The van der Waals surface area contributed by atoms with Crippen LogP contribution in [0.25, 0.3) is 0 Å². The van der Waals surface area contributed by atoms with Gasteiger partial charge in [0.15, 0.2) is 17.5 Å². The third-order valence-corrected chi connectivity index (χ3v) is 6.84. The van der Waals surface area contributed by atoms with E-state index in [1.54, 1.807) is 0 Å². The monoisotopic (exact) mass is 460 g/mol. The molecular weight excluding hydrogens is 437 g/mol. The molecule has 2 aromatic carbocycles. The number of ether oxygens (including phenoxy) is 1. The number of alkyl halides is 2. The fraction of sp³-hybridized carbons (Fsp3) is 0.500. The molecule has 2 saturated carbocycles. The predicted octanol–water partition coefficient (Wildman–Crippen LogP) is 7.83. The highest BCUT2D eigenvalue weighted by molar-refractivity contribution is 5.33. The maximum Gasteiger partial charge on any atom is 0.432 e. The maximum absolute atomic E-state index is 14.6. The molecule has 2 aliphatic carbocycles. The zero-order valence-corrected chi connectivity index (χ0v) is 17.4. The van der Waals surface area contributed by atoms with Crippen LogP contribution in [0.15, 0.2) is 24.3 Å². The number of hydrogen-bond acceptors (Lipinski definition) is 1. The summed E-state index contributed by atoms with van der Waals surface area (Å²) in [4.78, 5) is 0. The third-order valence-electron chi connectivity index (χ3n) is 6.84. The van der Waals surface area contributed by atoms with Crippen molar-refractivity contribution in [3.05, 3.63) is 64.5 Å². The highest BCUT2D eigenvalue weighted by atomic mass is 19.3. The summed E-state index contributed by atoms with van der Waals surface area (Å²) >= 11 is 0. The van der Waals surface area contributed by atoms with Crippen molar-refractivity contribution in [2.45, 2.75) is 57.5 Å². The van der Waals surface area contributed by atoms with Crippen LogP contribution in [0.1, 0.15) is 62.5 Å². The zero-order valence-electron chi connectivity index (χ0n) is 17.4. The summed E-state index contributed by atoms with van der Waals surface area (Å²) < 4.78 is 102. The number of benzene rings is 2. The Kier molecular flexibility index (Phi) is 6.16. The van der Waals surface area contributed by atoms with Crippen molar-refractivity contribution >= 4 is 0 Å². The Morgan fingerprint density at radius 3 is 1.84 bits per heavy atom. The van der Waals surface area contributed by atoms with Crippen molar-refractivity contribution in [3.63, 3.8) is 0 Å². The largest absolute Gasteiger partial charge is 0.432 e. The lowest BCUT2D eigenvalue weighted by Crippen LogP contribution is -2.25. The van der Waals surface area contributed by atoms with Crippen molar-refractivity contribution in [2.24, 2.45) is 17.8 Å². The van der Waals surface area contributed by atoms with E-state index in [1.165, 1.54) is 6.42 Å². The molecule has 0 bridgehead atoms. The van der Waals surface area contributed by atoms with Crippen LogP contribution in [0, 0.1) is 46.8 Å². The van der Waals surface area contributed by atoms with Gasteiger partial charge in [0.05, 0.1) is 0 Å². The molecule has 2 aliphatic rings. The molecular formula is C24H23F7O. The van der Waals surface area contributed by atoms with E-state index in [0.717, 1.165) is 44.2 Å². The first kappa shape index (κ1) is 22.9. The summed E-state index contributed by atoms with van der Waals surface area (Å²) in [5, 5.41) is 0. The topological polar surface area (TPSA) is 9.23 Å². The lowest BCUT2D eigenvalue weighted by molar-refractivity contribution is -0.189. The van der Waals surface area contributed by atoms with Gasteiger partial charge in [-0.25, -0.2) is 22.0 Å². The van der Waals surface area contributed by atoms with Crippen molar-refractivity contribution in [1.82, 2.24) is 0 Å². The lowest BCUT2D eigenvalue weighted by Gasteiger charge is -2.21. The van der Waals surface area contributed by atoms with Crippen LogP contribution in [-0.4, -0.2) is 0 Å². The lowest BCUT2D eigenvalue weighted by atomic mass is 9.90. The normalized spacial score (nSPS) is 25.2. The van der Waals surface area contributed by atoms with Crippen molar-refractivity contribution < 1.29 is 35.5 Å². The first-order valence-electron chi connectivity index (χ1n) is 10.8. The summed E-state index contributed by atoms with van der Waals surface area (Å²) in [6, 6.07) is 2.13. The molecule has 4 rings (SSSR count). The Balaban J connectivity index is 1.53. The van der Waals surface area contributed by atoms with Crippen LogP contribution >= 0.6 is 0 Å². The molecule has 0 amide bonds. The standard InChI is InChI=1S/C24H23F7O/c1-2-3-12-4-13-6-15(7-14(13)5-12)16-8-18(25)22(19(26)9-16)24(30,31)32-17-10-20(27)23(29)21(28)11-17/h8-15H,2-7H2,1H3. The Hall–Kier alpha value is -2.25. The first-order valence-corrected chi connectivity index (χ1v) is 10.8. The van der Waals surface area contributed by atoms with Crippen LogP contribution in [-0.2, 0) is 6.11 Å². The molecule has 2 unspecified atom stereocenters. The molecule has 1 nitrogen and oxygen atoms in total. The van der Waals surface area contributed by atoms with E-state index in [1.807, 2.05) is 0 Å². The minimum absolute atomic E-state index is 0.111. The number of rotatable bonds is 6. The first-order chi connectivity index (χ1) is 15.1. The van der Waals surface area contributed by atoms with Crippen LogP contribution < -0.4 is 4.74 Å². The molecule has 0 radical (unpaired) electrons. The summed E-state index contributed by atoms with van der Waals surface area (Å²) in [7, 11) is 0. The SMILES string of the molecule is CCCC1CC2CC(c3cc(F)c(C(F)(F)Oc4cc(F)c(F)c(F)c4)c(F)c3)CC2C1. The van der Waals surface area contributed by atoms with Crippen LogP contribution in [0.2, 0.25) is 0 Å². The zero-order chi connectivity index (χ0) is 23.2. The Morgan fingerprint density at radius 1 is 0.812 bits per heavy atom. The van der Waals surface area contributed by atoms with E-state index in [4.69, 9.17) is 0 Å². The molecule has 8 heteroatoms. The van der Waals surface area contributed by atoms with Crippen molar-refractivity contribution in [3.8, 4) is 5.75 Å². The van der Waals surface area contributed by atoms with Crippen LogP contribution in [0.4, 0.5) is 30.7 Å². The van der Waals surface area contributed by atoms with E-state index in [-0.39, 0.29) is 18.1 Å². The van der Waals surface area contributed by atoms with Gasteiger partial charge in [0, 0.05) is 12.1 Å². The minimum atomic E-state index is -4.57. The summed E-state index contributed by atoms with van der Waals surface area (Å²) in [5.74, 6) is -7.97. The summed E-state index contributed by atoms with van der Waals surface area (Å²) in [6.45, 7) is 2.15. The number of hydrogen-bond donors (Lipinski definition) is 0. The highest BCUT2D eigenvalue weighted by Crippen LogP contribution is 2.53. The second kappa shape index (κ2) is 8.60. The van der Waals surface area contributed by atoms with Gasteiger partial charge in [-0.05, 0) is 67.1 Å². The van der Waals surface area contributed by atoms with Gasteiger partial charge in [-0.15, -0.1) is 0 Å². The highest BCUT2D eigenvalue weighted by Gasteiger charge is 2.44. The fourth-order valence-corrected chi connectivity index (χ4v) is 5.55. The smallest absolute Gasteiger partial charge is 0.429 e. The average Bonchev–Trinajstić information content (AvgIpc) is 3.24. The van der Waals surface area contributed by atoms with E-state index in [2.05, 4.69) is 11.7 Å².